The molecule has 1 unspecified atom stereocenters. The number of carbonyl (C=O) groups excluding carboxylic acids is 1. The number of hydrogen-bond acceptors (Lipinski definition) is 6. The predicted molar refractivity (Wildman–Crippen MR) is 104 cm³/mol. The molecule has 9 heteroatoms. The summed E-state index contributed by atoms with van der Waals surface area (Å²) in [5.74, 6) is 0.860. The van der Waals surface area contributed by atoms with Crippen molar-refractivity contribution in [3.8, 4) is 0 Å². The second-order valence-electron chi connectivity index (χ2n) is 8.89. The van der Waals surface area contributed by atoms with Crippen LogP contribution >= 0.6 is 0 Å². The van der Waals surface area contributed by atoms with Crippen molar-refractivity contribution in [2.24, 2.45) is 10.8 Å². The van der Waals surface area contributed by atoms with Crippen LogP contribution in [0, 0.1) is 10.8 Å². The Morgan fingerprint density at radius 1 is 1.04 bits per heavy atom. The number of sulfonamides is 1. The molecule has 152 valence electrons. The van der Waals surface area contributed by atoms with E-state index in [0.717, 1.165) is 38.6 Å². The summed E-state index contributed by atoms with van der Waals surface area (Å²) in [6.45, 7) is 3.12. The van der Waals surface area contributed by atoms with Crippen LogP contribution in [0.25, 0.3) is 0 Å². The zero-order valence-corrected chi connectivity index (χ0v) is 17.1. The average molecular weight is 406 g/mol. The van der Waals surface area contributed by atoms with Gasteiger partial charge in [-0.1, -0.05) is 0 Å². The topological polar surface area (TPSA) is 86.7 Å². The molecule has 4 heterocycles. The Kier molecular flexibility index (Phi) is 4.00. The van der Waals surface area contributed by atoms with Crippen molar-refractivity contribution in [1.82, 2.24) is 19.2 Å². The van der Waals surface area contributed by atoms with Crippen LogP contribution in [0.3, 0.4) is 0 Å². The molecule has 28 heavy (non-hydrogen) atoms. The van der Waals surface area contributed by atoms with E-state index in [4.69, 9.17) is 0 Å². The zero-order valence-electron chi connectivity index (χ0n) is 16.2. The molecule has 4 fully saturated rings. The van der Waals surface area contributed by atoms with Crippen molar-refractivity contribution in [2.75, 3.05) is 44.7 Å². The number of aromatic nitrogens is 2. The fourth-order valence-corrected chi connectivity index (χ4v) is 7.46. The van der Waals surface area contributed by atoms with E-state index in [-0.39, 0.29) is 16.6 Å². The Bertz CT molecular complexity index is 880. The van der Waals surface area contributed by atoms with E-state index in [1.165, 1.54) is 0 Å². The van der Waals surface area contributed by atoms with Gasteiger partial charge >= 0.3 is 0 Å². The van der Waals surface area contributed by atoms with Crippen molar-refractivity contribution in [2.45, 2.75) is 37.4 Å². The quantitative estimate of drug-likeness (QED) is 0.737. The molecule has 8 nitrogen and oxygen atoms in total. The molecule has 0 aromatic carbocycles. The van der Waals surface area contributed by atoms with Crippen molar-refractivity contribution >= 4 is 21.9 Å². The van der Waals surface area contributed by atoms with Crippen LogP contribution in [0.2, 0.25) is 0 Å². The Labute approximate surface area is 166 Å². The van der Waals surface area contributed by atoms with Crippen molar-refractivity contribution in [1.29, 1.82) is 0 Å². The lowest BCUT2D eigenvalue weighted by Gasteiger charge is -2.46. The smallest absolute Gasteiger partial charge is 0.231 e. The molecule has 3 saturated heterocycles. The van der Waals surface area contributed by atoms with Gasteiger partial charge in [-0.15, -0.1) is 0 Å². The van der Waals surface area contributed by atoms with Crippen LogP contribution in [0.4, 0.5) is 5.95 Å². The highest BCUT2D eigenvalue weighted by Crippen LogP contribution is 2.58. The van der Waals surface area contributed by atoms with Crippen molar-refractivity contribution < 1.29 is 13.2 Å². The first kappa shape index (κ1) is 18.3. The van der Waals surface area contributed by atoms with Gasteiger partial charge in [0, 0.05) is 57.6 Å². The van der Waals surface area contributed by atoms with E-state index in [0.29, 0.717) is 32.1 Å². The summed E-state index contributed by atoms with van der Waals surface area (Å²) in [5, 5.41) is -0.174. The van der Waals surface area contributed by atoms with Gasteiger partial charge in [0.2, 0.25) is 21.9 Å². The largest absolute Gasteiger partial charge is 0.345 e. The molecule has 3 aliphatic heterocycles. The summed E-state index contributed by atoms with van der Waals surface area (Å²) in [7, 11) is -1.29. The molecule has 2 spiro atoms. The van der Waals surface area contributed by atoms with E-state index in [1.807, 2.05) is 11.9 Å². The number of piperidine rings is 1. The van der Waals surface area contributed by atoms with E-state index in [9.17, 15) is 13.2 Å². The molecular weight excluding hydrogens is 378 g/mol. The second kappa shape index (κ2) is 6.13. The third-order valence-corrected chi connectivity index (χ3v) is 9.82. The molecule has 0 bridgehead atoms. The summed E-state index contributed by atoms with van der Waals surface area (Å²) in [6, 6.07) is 1.79. The van der Waals surface area contributed by atoms with Gasteiger partial charge in [-0.25, -0.2) is 22.7 Å². The molecule has 0 N–H and O–H groups in total. The molecule has 1 aliphatic carbocycles. The van der Waals surface area contributed by atoms with Gasteiger partial charge in [-0.3, -0.25) is 4.79 Å². The number of anilines is 1. The second-order valence-corrected chi connectivity index (χ2v) is 11.1. The first-order valence-electron chi connectivity index (χ1n) is 10.1. The summed E-state index contributed by atoms with van der Waals surface area (Å²) in [5.41, 5.74) is -0.681. The van der Waals surface area contributed by atoms with Gasteiger partial charge in [0.15, 0.2) is 0 Å². The minimum absolute atomic E-state index is 0.174. The molecule has 5 rings (SSSR count). The third-order valence-electron chi connectivity index (χ3n) is 7.42. The summed E-state index contributed by atoms with van der Waals surface area (Å²) >= 11 is 0. The van der Waals surface area contributed by atoms with Crippen molar-refractivity contribution in [3.63, 3.8) is 0 Å². The van der Waals surface area contributed by atoms with Gasteiger partial charge in [-0.05, 0) is 38.2 Å². The van der Waals surface area contributed by atoms with Crippen LogP contribution in [-0.4, -0.2) is 78.5 Å². The lowest BCUT2D eigenvalue weighted by molar-refractivity contribution is -0.140. The third kappa shape index (κ3) is 2.51. The fraction of sp³-hybridized carbons (Fsp3) is 0.737. The summed E-state index contributed by atoms with van der Waals surface area (Å²) in [6.07, 6.45) is 7.30. The molecule has 4 aliphatic rings. The Balaban J connectivity index is 1.45. The predicted octanol–water partition coefficient (Wildman–Crippen LogP) is 0.720. The molecule has 0 radical (unpaired) electrons. The van der Waals surface area contributed by atoms with Crippen LogP contribution in [0.1, 0.15) is 32.1 Å². The maximum Gasteiger partial charge on any atom is 0.231 e. The van der Waals surface area contributed by atoms with Crippen molar-refractivity contribution in [3.05, 3.63) is 18.5 Å². The molecule has 1 amide bonds. The number of rotatable bonds is 3. The Morgan fingerprint density at radius 2 is 1.71 bits per heavy atom. The number of likely N-dealkylation sites (tertiary alicyclic amines) is 1. The van der Waals surface area contributed by atoms with Crippen LogP contribution < -0.4 is 4.90 Å². The number of fused-ring (bicyclic) bond motifs is 1. The number of carbonyl (C=O) groups is 1. The first-order valence-corrected chi connectivity index (χ1v) is 11.6. The maximum atomic E-state index is 13.3. The van der Waals surface area contributed by atoms with Crippen LogP contribution in [-0.2, 0) is 14.8 Å². The summed E-state index contributed by atoms with van der Waals surface area (Å²) in [4.78, 5) is 26.1. The highest BCUT2D eigenvalue weighted by atomic mass is 32.2. The number of amides is 1. The van der Waals surface area contributed by atoms with Gasteiger partial charge in [0.25, 0.3) is 0 Å². The normalized spacial score (nSPS) is 30.7. The van der Waals surface area contributed by atoms with Crippen LogP contribution in [0.5, 0.6) is 0 Å². The van der Waals surface area contributed by atoms with Gasteiger partial charge < -0.3 is 9.80 Å². The lowest BCUT2D eigenvalue weighted by Crippen LogP contribution is -2.53. The molecule has 1 aromatic rings. The van der Waals surface area contributed by atoms with Crippen LogP contribution in [0.15, 0.2) is 18.5 Å². The monoisotopic (exact) mass is 405 g/mol. The minimum atomic E-state index is -3.16. The highest BCUT2D eigenvalue weighted by molar-refractivity contribution is 7.90. The number of hydrogen-bond donors (Lipinski definition) is 0. The van der Waals surface area contributed by atoms with Gasteiger partial charge in [0.05, 0.1) is 10.7 Å². The molecule has 1 atom stereocenters. The SMILES string of the molecule is CN1CCC2(CN(c3ncccn3)CC23CCN(S(=O)(=O)C2CC2)CC3)C1=O. The van der Waals surface area contributed by atoms with Gasteiger partial charge in [-0.2, -0.15) is 0 Å². The van der Waals surface area contributed by atoms with E-state index >= 15 is 0 Å². The molecule has 1 aromatic heterocycles. The van der Waals surface area contributed by atoms with E-state index < -0.39 is 15.4 Å². The van der Waals surface area contributed by atoms with E-state index in [1.54, 1.807) is 22.8 Å². The fourth-order valence-electron chi connectivity index (χ4n) is 5.62. The zero-order chi connectivity index (χ0) is 19.6. The maximum absolute atomic E-state index is 13.3. The molecule has 1 saturated carbocycles. The highest BCUT2D eigenvalue weighted by Gasteiger charge is 2.65. The lowest BCUT2D eigenvalue weighted by atomic mass is 9.60. The minimum Gasteiger partial charge on any atom is -0.345 e. The van der Waals surface area contributed by atoms with Gasteiger partial charge in [0.1, 0.15) is 0 Å². The standard InChI is InChI=1S/C19H27N5O3S/c1-22-10-7-19(16(22)25)14-23(17-20-8-2-9-21-17)13-18(19)5-11-24(12-6-18)28(26,27)15-3-4-15/h2,8-9,15H,3-7,10-14H2,1H3. The Hall–Kier alpha value is -1.74. The summed E-state index contributed by atoms with van der Waals surface area (Å²) < 4.78 is 27.0. The first-order chi connectivity index (χ1) is 13.4. The van der Waals surface area contributed by atoms with E-state index in [2.05, 4.69) is 14.9 Å². The molecular formula is C19H27N5O3S. The number of nitrogens with zero attached hydrogens (tertiary/aromatic N) is 5. The Morgan fingerprint density at radius 3 is 2.29 bits per heavy atom. The average Bonchev–Trinajstić information content (AvgIpc) is 3.47.